The number of aliphatic hydroxyl groups excluding tert-OH is 1. The van der Waals surface area contributed by atoms with Crippen LogP contribution in [0.4, 0.5) is 4.79 Å². The van der Waals surface area contributed by atoms with Gasteiger partial charge in [-0.25, -0.2) is 9.48 Å². The number of rotatable bonds is 5. The van der Waals surface area contributed by atoms with Gasteiger partial charge in [-0.3, -0.25) is 0 Å². The molecular weight excluding hydrogens is 324 g/mol. The van der Waals surface area contributed by atoms with Gasteiger partial charge >= 0.3 is 6.09 Å². The van der Waals surface area contributed by atoms with Crippen LogP contribution in [-0.4, -0.2) is 62.5 Å². The van der Waals surface area contributed by atoms with Gasteiger partial charge in [-0.2, -0.15) is 0 Å². The summed E-state index contributed by atoms with van der Waals surface area (Å²) in [6.45, 7) is 1.16. The second-order valence-corrected chi connectivity index (χ2v) is 6.17. The molecule has 1 aliphatic heterocycles. The van der Waals surface area contributed by atoms with Crippen LogP contribution in [-0.2, 0) is 13.0 Å². The van der Waals surface area contributed by atoms with Crippen molar-refractivity contribution in [1.82, 2.24) is 19.9 Å². The van der Waals surface area contributed by atoms with Crippen molar-refractivity contribution >= 4 is 6.09 Å². The van der Waals surface area contributed by atoms with E-state index in [2.05, 4.69) is 10.3 Å². The number of nitrogens with zero attached hydrogens (tertiary/aromatic N) is 4. The first-order valence-electron chi connectivity index (χ1n) is 8.25. The van der Waals surface area contributed by atoms with E-state index in [0.29, 0.717) is 19.5 Å². The molecule has 3 rings (SSSR count). The molecule has 1 aromatic carbocycles. The van der Waals surface area contributed by atoms with Crippen molar-refractivity contribution in [3.63, 3.8) is 0 Å². The summed E-state index contributed by atoms with van der Waals surface area (Å²) in [6, 6.07) is 7.86. The zero-order valence-electron chi connectivity index (χ0n) is 14.1. The lowest BCUT2D eigenvalue weighted by molar-refractivity contribution is 0.0480. The van der Waals surface area contributed by atoms with Crippen LogP contribution in [0.25, 0.3) is 0 Å². The Morgan fingerprint density at radius 2 is 2.12 bits per heavy atom. The highest BCUT2D eigenvalue weighted by molar-refractivity contribution is 5.65. The molecule has 1 fully saturated rings. The van der Waals surface area contributed by atoms with Crippen LogP contribution < -0.4 is 4.74 Å². The fraction of sp³-hybridized carbons (Fsp3) is 0.471. The van der Waals surface area contributed by atoms with Crippen molar-refractivity contribution in [2.45, 2.75) is 31.4 Å². The zero-order chi connectivity index (χ0) is 17.8. The lowest BCUT2D eigenvalue weighted by Gasteiger charge is -2.34. The average Bonchev–Trinajstić information content (AvgIpc) is 3.08. The van der Waals surface area contributed by atoms with Gasteiger partial charge in [0.25, 0.3) is 0 Å². The summed E-state index contributed by atoms with van der Waals surface area (Å²) in [5.41, 5.74) is 2.01. The third kappa shape index (κ3) is 3.90. The maximum atomic E-state index is 11.0. The Morgan fingerprint density at radius 3 is 2.76 bits per heavy atom. The third-order valence-corrected chi connectivity index (χ3v) is 4.65. The molecule has 1 aliphatic rings. The number of carboxylic acid groups (broad SMARTS) is 1. The van der Waals surface area contributed by atoms with Gasteiger partial charge in [-0.15, -0.1) is 5.10 Å². The van der Waals surface area contributed by atoms with Gasteiger partial charge in [-0.1, -0.05) is 17.3 Å². The summed E-state index contributed by atoms with van der Waals surface area (Å²) < 4.78 is 6.95. The van der Waals surface area contributed by atoms with E-state index in [0.717, 1.165) is 23.4 Å². The van der Waals surface area contributed by atoms with Gasteiger partial charge in [0.15, 0.2) is 0 Å². The monoisotopic (exact) mass is 346 g/mol. The molecule has 0 bridgehead atoms. The molecule has 1 aromatic heterocycles. The van der Waals surface area contributed by atoms with E-state index in [1.807, 2.05) is 24.3 Å². The van der Waals surface area contributed by atoms with Crippen LogP contribution >= 0.6 is 0 Å². The number of benzene rings is 1. The van der Waals surface area contributed by atoms with E-state index in [1.165, 1.54) is 4.90 Å². The highest BCUT2D eigenvalue weighted by Crippen LogP contribution is 2.28. The Labute approximate surface area is 145 Å². The number of ether oxygens (including phenoxy) is 1. The smallest absolute Gasteiger partial charge is 0.407 e. The lowest BCUT2D eigenvalue weighted by atomic mass is 9.91. The molecule has 25 heavy (non-hydrogen) atoms. The van der Waals surface area contributed by atoms with Crippen molar-refractivity contribution in [2.24, 2.45) is 0 Å². The number of amides is 1. The Morgan fingerprint density at radius 1 is 1.36 bits per heavy atom. The van der Waals surface area contributed by atoms with E-state index in [1.54, 1.807) is 18.0 Å². The SMILES string of the molecule is COc1ccc(CCn2nncc2C2CCN(C(=O)O)CC2O)cc1. The number of β-amino-alcohol motifs (C(OH)–C–C–N with tert-alkyl or cyclic N) is 1. The van der Waals surface area contributed by atoms with E-state index in [-0.39, 0.29) is 12.5 Å². The largest absolute Gasteiger partial charge is 0.497 e. The molecule has 2 atom stereocenters. The average molecular weight is 346 g/mol. The van der Waals surface area contributed by atoms with Crippen LogP contribution in [0.3, 0.4) is 0 Å². The lowest BCUT2D eigenvalue weighted by Crippen LogP contribution is -2.45. The Bertz CT molecular complexity index is 716. The minimum absolute atomic E-state index is 0.115. The van der Waals surface area contributed by atoms with Crippen LogP contribution in [0.15, 0.2) is 30.5 Å². The maximum Gasteiger partial charge on any atom is 0.407 e. The summed E-state index contributed by atoms with van der Waals surface area (Å²) >= 11 is 0. The normalized spacial score (nSPS) is 20.5. The predicted molar refractivity (Wildman–Crippen MR) is 89.7 cm³/mol. The maximum absolute atomic E-state index is 11.0. The minimum atomic E-state index is -0.997. The number of piperidine rings is 1. The van der Waals surface area contributed by atoms with Gasteiger partial charge in [0.05, 0.1) is 31.6 Å². The number of hydrogen-bond acceptors (Lipinski definition) is 5. The van der Waals surface area contributed by atoms with Crippen LogP contribution in [0.2, 0.25) is 0 Å². The zero-order valence-corrected chi connectivity index (χ0v) is 14.1. The van der Waals surface area contributed by atoms with Gasteiger partial charge in [0.2, 0.25) is 0 Å². The summed E-state index contributed by atoms with van der Waals surface area (Å²) in [7, 11) is 1.64. The highest BCUT2D eigenvalue weighted by atomic mass is 16.5. The van der Waals surface area contributed by atoms with Crippen LogP contribution in [0.5, 0.6) is 5.75 Å². The van der Waals surface area contributed by atoms with Crippen molar-refractivity contribution in [3.8, 4) is 5.75 Å². The quantitative estimate of drug-likeness (QED) is 0.848. The van der Waals surface area contributed by atoms with Gasteiger partial charge in [-0.05, 0) is 30.5 Å². The van der Waals surface area contributed by atoms with Crippen LogP contribution in [0.1, 0.15) is 23.6 Å². The Balaban J connectivity index is 1.65. The Hall–Kier alpha value is -2.61. The molecule has 0 saturated carbocycles. The number of carbonyl (C=O) groups is 1. The minimum Gasteiger partial charge on any atom is -0.497 e. The number of hydrogen-bond donors (Lipinski definition) is 2. The summed E-state index contributed by atoms with van der Waals surface area (Å²) in [6.07, 6.45) is 1.26. The van der Waals surface area contributed by atoms with Crippen molar-refractivity contribution < 1.29 is 19.7 Å². The molecule has 0 radical (unpaired) electrons. The summed E-state index contributed by atoms with van der Waals surface area (Å²) in [5.74, 6) is 0.667. The first kappa shape index (κ1) is 17.2. The molecule has 8 heteroatoms. The molecule has 2 aromatic rings. The van der Waals surface area contributed by atoms with Crippen molar-refractivity contribution in [1.29, 1.82) is 0 Å². The summed E-state index contributed by atoms with van der Waals surface area (Å²) in [4.78, 5) is 12.3. The number of methoxy groups -OCH3 is 1. The molecule has 1 amide bonds. The summed E-state index contributed by atoms with van der Waals surface area (Å²) in [5, 5.41) is 27.5. The van der Waals surface area contributed by atoms with Crippen molar-refractivity contribution in [2.75, 3.05) is 20.2 Å². The molecule has 2 heterocycles. The predicted octanol–water partition coefficient (Wildman–Crippen LogP) is 1.36. The van der Waals surface area contributed by atoms with Crippen molar-refractivity contribution in [3.05, 3.63) is 41.7 Å². The molecular formula is C17H22N4O4. The fourth-order valence-corrected chi connectivity index (χ4v) is 3.20. The molecule has 2 unspecified atom stereocenters. The third-order valence-electron chi connectivity index (χ3n) is 4.65. The molecule has 1 saturated heterocycles. The van der Waals surface area contributed by atoms with Gasteiger partial charge in [0.1, 0.15) is 5.75 Å². The Kier molecular flexibility index (Phi) is 5.18. The molecule has 134 valence electrons. The first-order valence-corrected chi connectivity index (χ1v) is 8.25. The van der Waals surface area contributed by atoms with E-state index < -0.39 is 12.2 Å². The second-order valence-electron chi connectivity index (χ2n) is 6.17. The number of aromatic nitrogens is 3. The molecule has 0 aliphatic carbocycles. The fourth-order valence-electron chi connectivity index (χ4n) is 3.20. The van der Waals surface area contributed by atoms with Gasteiger partial charge in [0, 0.05) is 19.0 Å². The first-order chi connectivity index (χ1) is 12.1. The number of likely N-dealkylation sites (tertiary alicyclic amines) is 1. The van der Waals surface area contributed by atoms with Gasteiger partial charge < -0.3 is 19.8 Å². The number of aryl methyl sites for hydroxylation is 2. The van der Waals surface area contributed by atoms with E-state index in [4.69, 9.17) is 9.84 Å². The van der Waals surface area contributed by atoms with Crippen LogP contribution in [0, 0.1) is 0 Å². The standard InChI is InChI=1S/C17H22N4O4/c1-25-13-4-2-12(3-5-13)6-9-21-15(10-18-19-21)14-7-8-20(17(23)24)11-16(14)22/h2-5,10,14,16,22H,6-9,11H2,1H3,(H,23,24). The van der Waals surface area contributed by atoms with E-state index >= 15 is 0 Å². The number of aliphatic hydroxyl groups is 1. The van der Waals surface area contributed by atoms with E-state index in [9.17, 15) is 9.90 Å². The topological polar surface area (TPSA) is 101 Å². The highest BCUT2D eigenvalue weighted by Gasteiger charge is 2.33. The molecule has 8 nitrogen and oxygen atoms in total. The second kappa shape index (κ2) is 7.52. The molecule has 0 spiro atoms. The molecule has 2 N–H and O–H groups in total.